The minimum atomic E-state index is -1.75. The maximum Gasteiger partial charge on any atom is 0.303 e. The maximum absolute atomic E-state index is 14.5. The van der Waals surface area contributed by atoms with Crippen LogP contribution in [-0.4, -0.2) is 195 Å². The topological polar surface area (TPSA) is 291 Å². The molecular weight excluding hydrogens is 1570 g/mol. The summed E-state index contributed by atoms with van der Waals surface area (Å²) in [7, 11) is -0.160. The van der Waals surface area contributed by atoms with Crippen LogP contribution in [0.2, 0.25) is 25.7 Å². The highest BCUT2D eigenvalue weighted by atomic mass is 28.3. The van der Waals surface area contributed by atoms with Crippen molar-refractivity contribution in [3.05, 3.63) is 281 Å². The minimum Gasteiger partial charge on any atom is -0.497 e. The van der Waals surface area contributed by atoms with Gasteiger partial charge in [-0.25, -0.2) is 0 Å². The van der Waals surface area contributed by atoms with Gasteiger partial charge in [0.05, 0.1) is 85.8 Å². The number of carbonyl (C=O) groups is 4. The van der Waals surface area contributed by atoms with Crippen LogP contribution in [0.5, 0.6) is 5.75 Å². The standard InChI is InChI=1S/C94H114N2O24Si/c1-62(97)96-80-86(108-53-69-36-22-12-23-37-69)81(107-57-73-44-46-74(101-5)47-45-73)75(58-102-50-66-30-16-9-17-31-66)115-92(80)120-88-84(118-91-79(95)85(113-65(4)100)82(112-64(3)99)78(114-91)61-106-63(2)98)77(60-104-52-68-34-20-11-21-35-68)117-94(90(88)111-56-72-42-28-15-29-43-72)119-83-76(59-103-51-67-32-18-10-19-33-67)116-93(105-48-49-121(6,7)8)89(110-55-71-40-26-14-27-41-71)87(83)109-54-70-38-24-13-25-39-70/h9-47,75-94H,48-61,95H2,1-8H3,(H,96,97)/t75-,76-,77-,78-,79-,80-,81-,82+,83-,84+,85-,86-,87+,88+,89-,90-,91+,92+,93-,94+/m1/s1. The molecule has 648 valence electrons. The number of nitrogens with one attached hydrogen (secondary N) is 1. The van der Waals surface area contributed by atoms with Gasteiger partial charge < -0.3 is 106 Å². The number of ether oxygens (including phenoxy) is 20. The average Bonchev–Trinajstić information content (AvgIpc) is 0.748. The normalized spacial score (nSPS) is 26.8. The van der Waals surface area contributed by atoms with Crippen LogP contribution in [0.4, 0.5) is 0 Å². The predicted octanol–water partition coefficient (Wildman–Crippen LogP) is 12.2. The Kier molecular flexibility index (Phi) is 35.0. The third-order valence-corrected chi connectivity index (χ3v) is 22.6. The lowest BCUT2D eigenvalue weighted by Gasteiger charge is -2.53. The van der Waals surface area contributed by atoms with Gasteiger partial charge in [0.2, 0.25) is 5.91 Å². The third-order valence-electron chi connectivity index (χ3n) is 20.9. The van der Waals surface area contributed by atoms with Crippen LogP contribution in [0.1, 0.15) is 72.2 Å². The molecule has 20 atom stereocenters. The quantitative estimate of drug-likeness (QED) is 0.0204. The summed E-state index contributed by atoms with van der Waals surface area (Å²) in [5.74, 6) is -2.16. The van der Waals surface area contributed by atoms with Gasteiger partial charge in [-0.3, -0.25) is 19.2 Å². The molecule has 0 spiro atoms. The van der Waals surface area contributed by atoms with E-state index in [0.29, 0.717) is 17.9 Å². The van der Waals surface area contributed by atoms with Gasteiger partial charge >= 0.3 is 17.9 Å². The highest BCUT2D eigenvalue weighted by molar-refractivity contribution is 6.76. The predicted molar refractivity (Wildman–Crippen MR) is 447 cm³/mol. The van der Waals surface area contributed by atoms with Crippen molar-refractivity contribution in [3.8, 4) is 5.75 Å². The Morgan fingerprint density at radius 1 is 0.339 bits per heavy atom. The summed E-state index contributed by atoms with van der Waals surface area (Å²) in [4.78, 5) is 54.0. The number of carbonyl (C=O) groups excluding carboxylic acids is 4. The van der Waals surface area contributed by atoms with Crippen molar-refractivity contribution in [2.24, 2.45) is 5.73 Å². The van der Waals surface area contributed by atoms with Crippen molar-refractivity contribution >= 4 is 31.9 Å². The molecule has 0 aliphatic carbocycles. The Labute approximate surface area is 709 Å². The number of nitrogens with two attached hydrogens (primary N) is 1. The van der Waals surface area contributed by atoms with Crippen LogP contribution in [0.3, 0.4) is 0 Å². The van der Waals surface area contributed by atoms with Gasteiger partial charge in [0.1, 0.15) is 91.6 Å². The van der Waals surface area contributed by atoms with Crippen LogP contribution >= 0.6 is 0 Å². The summed E-state index contributed by atoms with van der Waals surface area (Å²) in [6, 6.07) is 72.9. The Balaban J connectivity index is 1.06. The second-order valence-corrected chi connectivity index (χ2v) is 37.2. The molecule has 8 aromatic carbocycles. The summed E-state index contributed by atoms with van der Waals surface area (Å²) >= 11 is 0. The summed E-state index contributed by atoms with van der Waals surface area (Å²) in [5.41, 5.74) is 13.9. The fourth-order valence-corrected chi connectivity index (χ4v) is 15.5. The number of hydrogen-bond donors (Lipinski definition) is 2. The fraction of sp³-hybridized carbons (Fsp3) is 0.447. The Bertz CT molecular complexity index is 4360. The second-order valence-electron chi connectivity index (χ2n) is 31.6. The van der Waals surface area contributed by atoms with Crippen molar-refractivity contribution in [3.63, 3.8) is 0 Å². The van der Waals surface area contributed by atoms with Gasteiger partial charge in [-0.15, -0.1) is 0 Å². The van der Waals surface area contributed by atoms with E-state index in [2.05, 4.69) is 25.0 Å². The van der Waals surface area contributed by atoms with E-state index >= 15 is 0 Å². The first-order chi connectivity index (χ1) is 58.8. The first-order valence-corrected chi connectivity index (χ1v) is 44.9. The molecule has 4 aliphatic heterocycles. The molecule has 4 aliphatic rings. The average molecular weight is 1680 g/mol. The van der Waals surface area contributed by atoms with Gasteiger partial charge in [-0.1, -0.05) is 244 Å². The van der Waals surface area contributed by atoms with Crippen molar-refractivity contribution < 1.29 is 114 Å². The van der Waals surface area contributed by atoms with Crippen molar-refractivity contribution in [2.75, 3.05) is 40.1 Å². The second kappa shape index (κ2) is 46.5. The lowest BCUT2D eigenvalue weighted by molar-refractivity contribution is -0.399. The van der Waals surface area contributed by atoms with E-state index in [0.717, 1.165) is 45.0 Å². The molecular formula is C94H114N2O24Si. The molecule has 12 rings (SSSR count). The first-order valence-electron chi connectivity index (χ1n) is 41.2. The number of esters is 3. The number of hydrogen-bond acceptors (Lipinski definition) is 25. The third kappa shape index (κ3) is 27.7. The van der Waals surface area contributed by atoms with Gasteiger partial charge in [-0.2, -0.15) is 0 Å². The van der Waals surface area contributed by atoms with Crippen molar-refractivity contribution in [1.82, 2.24) is 5.32 Å². The van der Waals surface area contributed by atoms with Crippen LogP contribution < -0.4 is 15.8 Å². The van der Waals surface area contributed by atoms with Crippen LogP contribution in [-0.2, 0) is 162 Å². The first kappa shape index (κ1) is 91.2. The zero-order valence-electron chi connectivity index (χ0n) is 69.8. The summed E-state index contributed by atoms with van der Waals surface area (Å²) in [6.45, 7) is 11.4. The SMILES string of the molecule is COc1ccc(CO[C@H]2[C@H](OCc3ccccc3)[C@@H](NC(C)=O)[C@H](O[C@H]3[C@@H](O[C@@H]4O[C@H](COC(C)=O)[C@H](OC(C)=O)[C@H](OC(C)=O)[C@H]4N)[C@@H](COCc4ccccc4)O[C@@H](O[C@H]4[C@H](OCc5ccccc5)[C@@H](OCc5ccccc5)[C@H](OCC[Si](C)(C)C)O[C@@H]4COCc4ccccc4)[C@@H]3OCc3ccccc3)O[C@@H]2COCc2ccccc2)cc1. The molecule has 0 saturated carbocycles. The molecule has 0 unspecified atom stereocenters. The zero-order chi connectivity index (χ0) is 84.9. The number of benzene rings is 8. The lowest BCUT2D eigenvalue weighted by atomic mass is 9.93. The molecule has 0 radical (unpaired) electrons. The smallest absolute Gasteiger partial charge is 0.303 e. The van der Waals surface area contributed by atoms with Gasteiger partial charge in [-0.05, 0) is 62.7 Å². The molecule has 26 nitrogen and oxygen atoms in total. The van der Waals surface area contributed by atoms with E-state index in [-0.39, 0.29) is 72.7 Å². The molecule has 3 N–H and O–H groups in total. The molecule has 27 heteroatoms. The van der Waals surface area contributed by atoms with Crippen molar-refractivity contribution in [1.29, 1.82) is 0 Å². The molecule has 0 aromatic heterocycles. The number of methoxy groups -OCH3 is 1. The van der Waals surface area contributed by atoms with Crippen molar-refractivity contribution in [2.45, 2.75) is 229 Å². The maximum atomic E-state index is 14.5. The van der Waals surface area contributed by atoms with Gasteiger partial charge in [0, 0.05) is 42.4 Å². The van der Waals surface area contributed by atoms with E-state index in [9.17, 15) is 19.2 Å². The molecule has 8 aromatic rings. The highest BCUT2D eigenvalue weighted by Crippen LogP contribution is 2.41. The zero-order valence-corrected chi connectivity index (χ0v) is 70.8. The summed E-state index contributed by atoms with van der Waals surface area (Å²) in [6.07, 6.45) is -24.1. The van der Waals surface area contributed by atoms with Crippen LogP contribution in [0.25, 0.3) is 0 Å². The largest absolute Gasteiger partial charge is 0.497 e. The molecule has 121 heavy (non-hydrogen) atoms. The molecule has 4 fully saturated rings. The molecule has 1 amide bonds. The molecule has 4 saturated heterocycles. The van der Waals surface area contributed by atoms with E-state index in [4.69, 9.17) is 100 Å². The molecule has 4 heterocycles. The van der Waals surface area contributed by atoms with Gasteiger partial charge in [0.15, 0.2) is 37.4 Å². The Hall–Kier alpha value is -9.02. The van der Waals surface area contributed by atoms with E-state index in [1.54, 1.807) is 7.11 Å². The number of amides is 1. The Morgan fingerprint density at radius 2 is 0.678 bits per heavy atom. The summed E-state index contributed by atoms with van der Waals surface area (Å²) in [5, 5.41) is 3.20. The van der Waals surface area contributed by atoms with Gasteiger partial charge in [0.25, 0.3) is 0 Å². The molecule has 0 bridgehead atoms. The van der Waals surface area contributed by atoms with E-state index in [1.807, 2.05) is 237 Å². The highest BCUT2D eigenvalue weighted by Gasteiger charge is 2.60. The minimum absolute atomic E-state index is 0.00752. The monoisotopic (exact) mass is 1680 g/mol. The lowest BCUT2D eigenvalue weighted by Crippen LogP contribution is -2.71. The van der Waals surface area contributed by atoms with E-state index in [1.165, 1.54) is 27.7 Å². The van der Waals surface area contributed by atoms with E-state index < -0.39 is 161 Å². The fourth-order valence-electron chi connectivity index (χ4n) is 14.8. The summed E-state index contributed by atoms with van der Waals surface area (Å²) < 4.78 is 140. The number of rotatable bonds is 43. The van der Waals surface area contributed by atoms with Crippen LogP contribution in [0, 0.1) is 0 Å². The van der Waals surface area contributed by atoms with Crippen LogP contribution in [0.15, 0.2) is 237 Å². The Morgan fingerprint density at radius 3 is 1.10 bits per heavy atom.